The summed E-state index contributed by atoms with van der Waals surface area (Å²) < 4.78 is 16.5. The van der Waals surface area contributed by atoms with E-state index in [1.54, 1.807) is 11.4 Å². The SMILES string of the molecule is CCCCC(=O)N(CCC)C(CC(OCCC)c1nc(C(=O)NC2Cc3ccc(O)cc3[C@H](C(=O)NNC(=O)OCCOCCN)C2)cs1)C(C)C. The summed E-state index contributed by atoms with van der Waals surface area (Å²) in [6, 6.07) is 4.29. The minimum absolute atomic E-state index is 0.00146. The lowest BCUT2D eigenvalue weighted by atomic mass is 9.79. The number of hydrogen-bond donors (Lipinski definition) is 5. The first-order valence-electron chi connectivity index (χ1n) is 18.5. The number of phenolic OH excluding ortho intramolecular Hbond substituents is 1. The fourth-order valence-electron chi connectivity index (χ4n) is 6.29. The van der Waals surface area contributed by atoms with Crippen molar-refractivity contribution >= 4 is 35.2 Å². The third kappa shape index (κ3) is 13.0. The van der Waals surface area contributed by atoms with Gasteiger partial charge in [0.1, 0.15) is 29.2 Å². The Hall–Kier alpha value is -3.79. The maximum Gasteiger partial charge on any atom is 0.426 e. The molecule has 1 heterocycles. The van der Waals surface area contributed by atoms with Gasteiger partial charge in [-0.15, -0.1) is 11.3 Å². The number of hydrazine groups is 1. The molecule has 0 radical (unpaired) electrons. The number of unbranched alkanes of at least 4 members (excludes halogenated alkanes) is 1. The molecular weight excluding hydrogens is 689 g/mol. The maximum absolute atomic E-state index is 13.6. The number of hydrogen-bond acceptors (Lipinski definition) is 11. The van der Waals surface area contributed by atoms with E-state index in [9.17, 15) is 24.3 Å². The lowest BCUT2D eigenvalue weighted by Crippen LogP contribution is -2.48. The Morgan fingerprint density at radius 1 is 1.06 bits per heavy atom. The third-order valence-corrected chi connectivity index (χ3v) is 9.80. The van der Waals surface area contributed by atoms with Crippen LogP contribution in [0.25, 0.3) is 0 Å². The molecule has 15 heteroatoms. The summed E-state index contributed by atoms with van der Waals surface area (Å²) in [5, 5.41) is 15.6. The summed E-state index contributed by atoms with van der Waals surface area (Å²) in [5.74, 6) is -1.35. The fourth-order valence-corrected chi connectivity index (χ4v) is 7.15. The number of nitrogens with one attached hydrogen (secondary N) is 3. The highest BCUT2D eigenvalue weighted by Crippen LogP contribution is 2.35. The highest BCUT2D eigenvalue weighted by Gasteiger charge is 2.35. The van der Waals surface area contributed by atoms with Gasteiger partial charge < -0.3 is 35.3 Å². The van der Waals surface area contributed by atoms with Crippen molar-refractivity contribution in [3.8, 4) is 5.75 Å². The molecule has 52 heavy (non-hydrogen) atoms. The first-order valence-corrected chi connectivity index (χ1v) is 19.4. The molecule has 0 bridgehead atoms. The van der Waals surface area contributed by atoms with Crippen molar-refractivity contribution in [2.75, 3.05) is 39.5 Å². The van der Waals surface area contributed by atoms with E-state index in [1.807, 2.05) is 11.8 Å². The molecule has 290 valence electrons. The molecule has 0 aliphatic heterocycles. The van der Waals surface area contributed by atoms with Gasteiger partial charge in [-0.1, -0.05) is 47.1 Å². The summed E-state index contributed by atoms with van der Waals surface area (Å²) in [6.07, 6.45) is 3.95. The molecule has 1 aliphatic carbocycles. The van der Waals surface area contributed by atoms with Gasteiger partial charge in [0.25, 0.3) is 5.91 Å². The molecule has 0 spiro atoms. The maximum atomic E-state index is 13.6. The quantitative estimate of drug-likeness (QED) is 0.0882. The minimum atomic E-state index is -0.858. The largest absolute Gasteiger partial charge is 0.508 e. The standard InChI is InChI=1S/C37H58N6O8S/c1-6-9-10-33(45)43(14-7-2)31(24(4)5)22-32(50-15-8-3)36-40-30(23-52-36)35(47)39-26-19-25-11-12-27(44)21-28(25)29(20-26)34(46)41-42-37(48)51-18-17-49-16-13-38/h11-12,21,23-24,26,29,31-32,44H,6-10,13-20,22,38H2,1-5H3,(H,39,47)(H,41,46)(H,42,48)/t26?,29-,31?,32?/m1/s1. The van der Waals surface area contributed by atoms with Crippen molar-refractivity contribution in [1.29, 1.82) is 0 Å². The van der Waals surface area contributed by atoms with E-state index in [0.29, 0.717) is 56.1 Å². The molecule has 14 nitrogen and oxygen atoms in total. The number of carbonyl (C=O) groups excluding carboxylic acids is 4. The van der Waals surface area contributed by atoms with Crippen LogP contribution in [0.1, 0.15) is 118 Å². The van der Waals surface area contributed by atoms with E-state index in [0.717, 1.165) is 31.2 Å². The van der Waals surface area contributed by atoms with Gasteiger partial charge >= 0.3 is 6.09 Å². The van der Waals surface area contributed by atoms with Crippen LogP contribution < -0.4 is 21.9 Å². The number of ether oxygens (including phenoxy) is 3. The average molecular weight is 747 g/mol. The second-order valence-corrected chi connectivity index (χ2v) is 14.3. The van der Waals surface area contributed by atoms with Crippen LogP contribution in [0.2, 0.25) is 0 Å². The predicted molar refractivity (Wildman–Crippen MR) is 199 cm³/mol. The Balaban J connectivity index is 1.72. The van der Waals surface area contributed by atoms with Crippen LogP contribution in [-0.4, -0.2) is 90.4 Å². The Morgan fingerprint density at radius 2 is 1.85 bits per heavy atom. The molecule has 1 aliphatic rings. The van der Waals surface area contributed by atoms with Gasteiger partial charge in [-0.25, -0.2) is 15.2 Å². The minimum Gasteiger partial charge on any atom is -0.508 e. The van der Waals surface area contributed by atoms with E-state index in [2.05, 4.69) is 43.9 Å². The van der Waals surface area contributed by atoms with E-state index < -0.39 is 30.1 Å². The molecule has 1 aromatic carbocycles. The van der Waals surface area contributed by atoms with Gasteiger partial charge in [-0.3, -0.25) is 19.8 Å². The van der Waals surface area contributed by atoms with Crippen molar-refractivity contribution in [3.63, 3.8) is 0 Å². The van der Waals surface area contributed by atoms with Crippen molar-refractivity contribution in [2.45, 2.75) is 110 Å². The smallest absolute Gasteiger partial charge is 0.426 e. The number of aromatic hydroxyl groups is 1. The fraction of sp³-hybridized carbons (Fsp3) is 0.649. The molecule has 1 aromatic heterocycles. The molecule has 3 unspecified atom stereocenters. The molecule has 0 saturated heterocycles. The Kier molecular flexibility index (Phi) is 18.3. The van der Waals surface area contributed by atoms with Gasteiger partial charge in [-0.05, 0) is 61.3 Å². The van der Waals surface area contributed by atoms with Crippen molar-refractivity contribution < 1.29 is 38.5 Å². The summed E-state index contributed by atoms with van der Waals surface area (Å²) in [5.41, 5.74) is 11.6. The van der Waals surface area contributed by atoms with Crippen LogP contribution in [0, 0.1) is 5.92 Å². The number of benzene rings is 1. The average Bonchev–Trinajstić information content (AvgIpc) is 3.62. The highest BCUT2D eigenvalue weighted by molar-refractivity contribution is 7.09. The number of thiazole rings is 1. The molecule has 3 rings (SSSR count). The second kappa shape index (κ2) is 22.3. The van der Waals surface area contributed by atoms with Gasteiger partial charge in [0.2, 0.25) is 11.8 Å². The van der Waals surface area contributed by atoms with E-state index in [-0.39, 0.29) is 54.9 Å². The number of nitrogens with two attached hydrogens (primary N) is 1. The summed E-state index contributed by atoms with van der Waals surface area (Å²) in [4.78, 5) is 59.1. The van der Waals surface area contributed by atoms with Crippen molar-refractivity contribution in [3.05, 3.63) is 45.4 Å². The monoisotopic (exact) mass is 746 g/mol. The summed E-state index contributed by atoms with van der Waals surface area (Å²) >= 11 is 1.36. The van der Waals surface area contributed by atoms with E-state index in [4.69, 9.17) is 24.9 Å². The van der Waals surface area contributed by atoms with Gasteiger partial charge in [-0.2, -0.15) is 0 Å². The normalized spacial score (nSPS) is 16.4. The Labute approximate surface area is 311 Å². The number of carbonyl (C=O) groups is 4. The van der Waals surface area contributed by atoms with Crippen molar-refractivity contribution in [1.82, 2.24) is 26.1 Å². The number of phenols is 1. The molecule has 4 amide bonds. The van der Waals surface area contributed by atoms with Crippen LogP contribution in [0.15, 0.2) is 23.6 Å². The molecule has 6 N–H and O–H groups in total. The first kappa shape index (κ1) is 42.6. The zero-order chi connectivity index (χ0) is 38.0. The Bertz CT molecular complexity index is 1440. The van der Waals surface area contributed by atoms with Crippen LogP contribution in [0.4, 0.5) is 4.79 Å². The molecule has 4 atom stereocenters. The number of aromatic nitrogens is 1. The number of amides is 4. The van der Waals surface area contributed by atoms with E-state index in [1.165, 1.54) is 23.5 Å². The zero-order valence-corrected chi connectivity index (χ0v) is 32.1. The predicted octanol–water partition coefficient (Wildman–Crippen LogP) is 4.72. The number of nitrogens with zero attached hydrogens (tertiary/aromatic N) is 2. The number of fused-ring (bicyclic) bond motifs is 1. The van der Waals surface area contributed by atoms with Gasteiger partial charge in [0.15, 0.2) is 0 Å². The van der Waals surface area contributed by atoms with Crippen molar-refractivity contribution in [2.24, 2.45) is 11.7 Å². The lowest BCUT2D eigenvalue weighted by molar-refractivity contribution is -0.135. The zero-order valence-electron chi connectivity index (χ0n) is 31.3. The second-order valence-electron chi connectivity index (χ2n) is 13.4. The van der Waals surface area contributed by atoms with Crippen LogP contribution in [-0.2, 0) is 30.2 Å². The van der Waals surface area contributed by atoms with Crippen LogP contribution in [0.3, 0.4) is 0 Å². The van der Waals surface area contributed by atoms with Gasteiger partial charge in [0, 0.05) is 50.0 Å². The van der Waals surface area contributed by atoms with Crippen LogP contribution in [0.5, 0.6) is 5.75 Å². The van der Waals surface area contributed by atoms with Crippen LogP contribution >= 0.6 is 11.3 Å². The first-order chi connectivity index (χ1) is 25.0. The summed E-state index contributed by atoms with van der Waals surface area (Å²) in [6.45, 7) is 12.5. The molecule has 0 saturated carbocycles. The molecular formula is C37H58N6O8S. The van der Waals surface area contributed by atoms with E-state index >= 15 is 0 Å². The summed E-state index contributed by atoms with van der Waals surface area (Å²) in [7, 11) is 0. The van der Waals surface area contributed by atoms with Gasteiger partial charge in [0.05, 0.1) is 19.1 Å². The number of rotatable bonds is 21. The lowest BCUT2D eigenvalue weighted by Gasteiger charge is -2.36. The Morgan fingerprint density at radius 3 is 2.54 bits per heavy atom. The molecule has 2 aromatic rings. The topological polar surface area (TPSA) is 194 Å². The molecule has 0 fully saturated rings. The highest BCUT2D eigenvalue weighted by atomic mass is 32.1. The third-order valence-electron chi connectivity index (χ3n) is 8.86.